The van der Waals surface area contributed by atoms with E-state index in [-0.39, 0.29) is 32.5 Å². The standard InChI is InChI=1S/C22H22N2O7S2/c1-30-20-7-5-4-6-18(20)24-33(28,29)17-12-13-21(31-2)19(14-17)23-22(25)15-8-10-16(11-9-15)32(3,26)27/h4-14,24H,1-3H3,(H,23,25). The normalized spacial score (nSPS) is 11.5. The highest BCUT2D eigenvalue weighted by Crippen LogP contribution is 2.31. The molecule has 0 aromatic heterocycles. The van der Waals surface area contributed by atoms with Gasteiger partial charge in [-0.1, -0.05) is 12.1 Å². The molecule has 0 aliphatic carbocycles. The van der Waals surface area contributed by atoms with Crippen LogP contribution in [0.3, 0.4) is 0 Å². The number of hydrogen-bond donors (Lipinski definition) is 2. The number of anilines is 2. The Bertz CT molecular complexity index is 1380. The molecule has 0 spiro atoms. The smallest absolute Gasteiger partial charge is 0.262 e. The van der Waals surface area contributed by atoms with Gasteiger partial charge in [0.05, 0.1) is 35.4 Å². The molecule has 0 radical (unpaired) electrons. The molecule has 2 N–H and O–H groups in total. The first kappa shape index (κ1) is 24.1. The summed E-state index contributed by atoms with van der Waals surface area (Å²) in [7, 11) is -4.61. The highest BCUT2D eigenvalue weighted by atomic mass is 32.2. The Morgan fingerprint density at radius 2 is 1.33 bits per heavy atom. The van der Waals surface area contributed by atoms with Crippen molar-refractivity contribution >= 4 is 37.1 Å². The largest absolute Gasteiger partial charge is 0.495 e. The van der Waals surface area contributed by atoms with Gasteiger partial charge in [0.25, 0.3) is 15.9 Å². The number of carbonyl (C=O) groups excluding carboxylic acids is 1. The van der Waals surface area contributed by atoms with Crippen molar-refractivity contribution in [3.05, 3.63) is 72.3 Å². The predicted octanol–water partition coefficient (Wildman–Crippen LogP) is 3.16. The number of para-hydroxylation sites is 2. The highest BCUT2D eigenvalue weighted by molar-refractivity contribution is 7.92. The molecule has 11 heteroatoms. The van der Waals surface area contributed by atoms with Gasteiger partial charge in [-0.25, -0.2) is 16.8 Å². The summed E-state index contributed by atoms with van der Waals surface area (Å²) in [6.45, 7) is 0. The zero-order valence-corrected chi connectivity index (χ0v) is 19.7. The van der Waals surface area contributed by atoms with Crippen LogP contribution >= 0.6 is 0 Å². The zero-order chi connectivity index (χ0) is 24.2. The topological polar surface area (TPSA) is 128 Å². The molecule has 174 valence electrons. The minimum Gasteiger partial charge on any atom is -0.495 e. The van der Waals surface area contributed by atoms with E-state index in [4.69, 9.17) is 9.47 Å². The van der Waals surface area contributed by atoms with Crippen LogP contribution in [0.4, 0.5) is 11.4 Å². The molecule has 0 aliphatic rings. The number of amides is 1. The van der Waals surface area contributed by atoms with Crippen molar-refractivity contribution < 1.29 is 31.1 Å². The van der Waals surface area contributed by atoms with Crippen LogP contribution < -0.4 is 19.5 Å². The van der Waals surface area contributed by atoms with E-state index in [2.05, 4.69) is 10.0 Å². The van der Waals surface area contributed by atoms with Crippen LogP contribution in [0.1, 0.15) is 10.4 Å². The molecular formula is C22H22N2O7S2. The molecule has 9 nitrogen and oxygen atoms in total. The Morgan fingerprint density at radius 1 is 0.758 bits per heavy atom. The fourth-order valence-corrected chi connectivity index (χ4v) is 4.66. The second-order valence-corrected chi connectivity index (χ2v) is 10.6. The second kappa shape index (κ2) is 9.51. The molecule has 0 atom stereocenters. The lowest BCUT2D eigenvalue weighted by Crippen LogP contribution is -2.16. The Morgan fingerprint density at radius 3 is 1.94 bits per heavy atom. The van der Waals surface area contributed by atoms with Gasteiger partial charge in [-0.15, -0.1) is 0 Å². The van der Waals surface area contributed by atoms with Gasteiger partial charge in [0.15, 0.2) is 9.84 Å². The van der Waals surface area contributed by atoms with Crippen LogP contribution in [0, 0.1) is 0 Å². The van der Waals surface area contributed by atoms with Crippen molar-refractivity contribution in [2.24, 2.45) is 0 Å². The number of ether oxygens (including phenoxy) is 2. The Kier molecular flexibility index (Phi) is 6.94. The quantitative estimate of drug-likeness (QED) is 0.496. The summed E-state index contributed by atoms with van der Waals surface area (Å²) in [4.78, 5) is 12.6. The molecule has 1 amide bonds. The monoisotopic (exact) mass is 490 g/mol. The summed E-state index contributed by atoms with van der Waals surface area (Å²) in [6, 6.07) is 15.9. The average Bonchev–Trinajstić information content (AvgIpc) is 2.78. The van der Waals surface area contributed by atoms with E-state index in [1.807, 2.05) is 0 Å². The first-order chi connectivity index (χ1) is 15.5. The number of methoxy groups -OCH3 is 2. The van der Waals surface area contributed by atoms with Gasteiger partial charge in [0.1, 0.15) is 11.5 Å². The third-order valence-corrected chi connectivity index (χ3v) is 7.12. The van der Waals surface area contributed by atoms with Crippen molar-refractivity contribution in [1.29, 1.82) is 0 Å². The van der Waals surface area contributed by atoms with Crippen molar-refractivity contribution in [3.8, 4) is 11.5 Å². The van der Waals surface area contributed by atoms with Gasteiger partial charge in [-0.05, 0) is 54.6 Å². The molecule has 0 saturated heterocycles. The molecule has 33 heavy (non-hydrogen) atoms. The lowest BCUT2D eigenvalue weighted by molar-refractivity contribution is 0.102. The molecule has 0 heterocycles. The van der Waals surface area contributed by atoms with E-state index >= 15 is 0 Å². The van der Waals surface area contributed by atoms with Crippen LogP contribution in [-0.2, 0) is 19.9 Å². The summed E-state index contributed by atoms with van der Waals surface area (Å²) in [5.74, 6) is 0.0218. The van der Waals surface area contributed by atoms with Crippen molar-refractivity contribution in [1.82, 2.24) is 0 Å². The zero-order valence-electron chi connectivity index (χ0n) is 18.0. The van der Waals surface area contributed by atoms with Gasteiger partial charge in [-0.3, -0.25) is 9.52 Å². The maximum Gasteiger partial charge on any atom is 0.262 e. The molecule has 3 aromatic rings. The molecule has 0 aliphatic heterocycles. The lowest BCUT2D eigenvalue weighted by atomic mass is 10.2. The molecule has 3 aromatic carbocycles. The molecular weight excluding hydrogens is 468 g/mol. The number of carbonyl (C=O) groups is 1. The third-order valence-electron chi connectivity index (χ3n) is 4.63. The van der Waals surface area contributed by atoms with Gasteiger partial charge in [0.2, 0.25) is 0 Å². The van der Waals surface area contributed by atoms with E-state index in [0.29, 0.717) is 5.75 Å². The number of sulfone groups is 1. The van der Waals surface area contributed by atoms with Gasteiger partial charge in [-0.2, -0.15) is 0 Å². The fourth-order valence-electron chi connectivity index (χ4n) is 2.93. The van der Waals surface area contributed by atoms with Crippen molar-refractivity contribution in [2.75, 3.05) is 30.5 Å². The van der Waals surface area contributed by atoms with Crippen LogP contribution in [0.25, 0.3) is 0 Å². The van der Waals surface area contributed by atoms with Crippen LogP contribution in [0.2, 0.25) is 0 Å². The fraction of sp³-hybridized carbons (Fsp3) is 0.136. The first-order valence-electron chi connectivity index (χ1n) is 9.50. The number of nitrogens with one attached hydrogen (secondary N) is 2. The number of hydrogen-bond acceptors (Lipinski definition) is 7. The van der Waals surface area contributed by atoms with Crippen LogP contribution in [0.5, 0.6) is 11.5 Å². The summed E-state index contributed by atoms with van der Waals surface area (Å²) in [5.41, 5.74) is 0.565. The second-order valence-electron chi connectivity index (χ2n) is 6.92. The summed E-state index contributed by atoms with van der Waals surface area (Å²) in [6.07, 6.45) is 1.07. The van der Waals surface area contributed by atoms with E-state index in [9.17, 15) is 21.6 Å². The highest BCUT2D eigenvalue weighted by Gasteiger charge is 2.20. The number of benzene rings is 3. The molecule has 0 fully saturated rings. The Labute approximate surface area is 192 Å². The van der Waals surface area contributed by atoms with E-state index in [1.165, 1.54) is 56.7 Å². The SMILES string of the molecule is COc1ccc(S(=O)(=O)Nc2ccccc2OC)cc1NC(=O)c1ccc(S(C)(=O)=O)cc1. The Hall–Kier alpha value is -3.57. The third kappa shape index (κ3) is 5.62. The molecule has 0 bridgehead atoms. The first-order valence-corrected chi connectivity index (χ1v) is 12.9. The van der Waals surface area contributed by atoms with Crippen LogP contribution in [-0.4, -0.2) is 43.2 Å². The van der Waals surface area contributed by atoms with E-state index in [1.54, 1.807) is 24.3 Å². The summed E-state index contributed by atoms with van der Waals surface area (Å²) in [5, 5.41) is 2.60. The number of rotatable bonds is 8. The Balaban J connectivity index is 1.90. The minimum atomic E-state index is -4.02. The van der Waals surface area contributed by atoms with Gasteiger partial charge < -0.3 is 14.8 Å². The molecule has 3 rings (SSSR count). The van der Waals surface area contributed by atoms with Crippen LogP contribution in [0.15, 0.2) is 76.5 Å². The lowest BCUT2D eigenvalue weighted by Gasteiger charge is -2.14. The molecule has 0 unspecified atom stereocenters. The maximum absolute atomic E-state index is 12.9. The molecule has 0 saturated carbocycles. The van der Waals surface area contributed by atoms with Crippen molar-refractivity contribution in [2.45, 2.75) is 9.79 Å². The maximum atomic E-state index is 12.9. The van der Waals surface area contributed by atoms with Gasteiger partial charge in [0, 0.05) is 11.8 Å². The predicted molar refractivity (Wildman–Crippen MR) is 124 cm³/mol. The summed E-state index contributed by atoms with van der Waals surface area (Å²) < 4.78 is 61.9. The minimum absolute atomic E-state index is 0.0761. The van der Waals surface area contributed by atoms with E-state index in [0.717, 1.165) is 6.26 Å². The number of sulfonamides is 1. The summed E-state index contributed by atoms with van der Waals surface area (Å²) >= 11 is 0. The average molecular weight is 491 g/mol. The van der Waals surface area contributed by atoms with Crippen molar-refractivity contribution in [3.63, 3.8) is 0 Å². The van der Waals surface area contributed by atoms with Gasteiger partial charge >= 0.3 is 0 Å². The van der Waals surface area contributed by atoms with E-state index < -0.39 is 25.8 Å².